The highest BCUT2D eigenvalue weighted by Gasteiger charge is 2.31. The number of esters is 1. The SMILES string of the molecule is COC(=O)C1CCCCC1CNc1ccc(-c2cccc([N+](=O)[O-])c2)nn1. The van der Waals surface area contributed by atoms with Gasteiger partial charge in [0.1, 0.15) is 5.82 Å². The van der Waals surface area contributed by atoms with Gasteiger partial charge < -0.3 is 10.1 Å². The molecule has 0 radical (unpaired) electrons. The van der Waals surface area contributed by atoms with Gasteiger partial charge in [0.25, 0.3) is 5.69 Å². The number of nitrogens with zero attached hydrogens (tertiary/aromatic N) is 3. The summed E-state index contributed by atoms with van der Waals surface area (Å²) in [6.07, 6.45) is 3.99. The van der Waals surface area contributed by atoms with Crippen LogP contribution in [-0.2, 0) is 9.53 Å². The van der Waals surface area contributed by atoms with E-state index in [4.69, 9.17) is 4.74 Å². The van der Waals surface area contributed by atoms with Gasteiger partial charge >= 0.3 is 5.97 Å². The number of hydrogen-bond donors (Lipinski definition) is 1. The van der Waals surface area contributed by atoms with E-state index >= 15 is 0 Å². The van der Waals surface area contributed by atoms with Crippen LogP contribution in [0.15, 0.2) is 36.4 Å². The zero-order valence-electron chi connectivity index (χ0n) is 15.1. The third-order valence-electron chi connectivity index (χ3n) is 4.98. The third-order valence-corrected chi connectivity index (χ3v) is 4.98. The van der Waals surface area contributed by atoms with E-state index in [1.54, 1.807) is 24.3 Å². The van der Waals surface area contributed by atoms with Gasteiger partial charge in [-0.1, -0.05) is 25.0 Å². The van der Waals surface area contributed by atoms with Crippen molar-refractivity contribution in [3.05, 3.63) is 46.5 Å². The van der Waals surface area contributed by atoms with Crippen molar-refractivity contribution < 1.29 is 14.5 Å². The number of aromatic nitrogens is 2. The van der Waals surface area contributed by atoms with Gasteiger partial charge in [-0.25, -0.2) is 0 Å². The van der Waals surface area contributed by atoms with E-state index in [1.165, 1.54) is 19.2 Å². The van der Waals surface area contributed by atoms with E-state index < -0.39 is 4.92 Å². The number of carbonyl (C=O) groups excluding carboxylic acids is 1. The third kappa shape index (κ3) is 4.58. The fourth-order valence-corrected chi connectivity index (χ4v) is 3.51. The van der Waals surface area contributed by atoms with E-state index in [0.717, 1.165) is 25.7 Å². The Bertz CT molecular complexity index is 810. The molecule has 8 heteroatoms. The molecule has 2 aromatic rings. The molecule has 1 aliphatic carbocycles. The van der Waals surface area contributed by atoms with Crippen LogP contribution in [0.1, 0.15) is 25.7 Å². The Labute approximate surface area is 157 Å². The predicted molar refractivity (Wildman–Crippen MR) is 100 cm³/mol. The van der Waals surface area contributed by atoms with Crippen molar-refractivity contribution in [1.29, 1.82) is 0 Å². The van der Waals surface area contributed by atoms with E-state index in [0.29, 0.717) is 23.6 Å². The number of nitro groups is 1. The molecule has 1 saturated carbocycles. The van der Waals surface area contributed by atoms with Crippen molar-refractivity contribution in [3.8, 4) is 11.3 Å². The fourth-order valence-electron chi connectivity index (χ4n) is 3.51. The summed E-state index contributed by atoms with van der Waals surface area (Å²) in [7, 11) is 1.43. The minimum Gasteiger partial charge on any atom is -0.469 e. The predicted octanol–water partition coefficient (Wildman–Crippen LogP) is 3.44. The van der Waals surface area contributed by atoms with Crippen LogP contribution in [0.3, 0.4) is 0 Å². The van der Waals surface area contributed by atoms with Gasteiger partial charge in [-0.2, -0.15) is 0 Å². The molecule has 27 heavy (non-hydrogen) atoms. The van der Waals surface area contributed by atoms with Crippen LogP contribution < -0.4 is 5.32 Å². The van der Waals surface area contributed by atoms with E-state index in [1.807, 2.05) is 0 Å². The summed E-state index contributed by atoms with van der Waals surface area (Å²) in [6.45, 7) is 0.630. The molecule has 0 aliphatic heterocycles. The van der Waals surface area contributed by atoms with Gasteiger partial charge in [-0.3, -0.25) is 14.9 Å². The summed E-state index contributed by atoms with van der Waals surface area (Å²) in [5, 5.41) is 22.5. The Morgan fingerprint density at radius 3 is 2.78 bits per heavy atom. The highest BCUT2D eigenvalue weighted by Crippen LogP contribution is 2.31. The molecule has 2 atom stereocenters. The number of nitrogens with one attached hydrogen (secondary N) is 1. The Kier molecular flexibility index (Phi) is 5.95. The average molecular weight is 370 g/mol. The van der Waals surface area contributed by atoms with Crippen LogP contribution in [0.5, 0.6) is 0 Å². The highest BCUT2D eigenvalue weighted by atomic mass is 16.6. The summed E-state index contributed by atoms with van der Waals surface area (Å²) in [5.41, 5.74) is 1.22. The lowest BCUT2D eigenvalue weighted by molar-refractivity contribution is -0.384. The number of non-ortho nitro benzene ring substituents is 1. The number of rotatable bonds is 6. The van der Waals surface area contributed by atoms with Crippen molar-refractivity contribution in [2.75, 3.05) is 19.0 Å². The molecular formula is C19H22N4O4. The molecule has 1 heterocycles. The quantitative estimate of drug-likeness (QED) is 0.471. The topological polar surface area (TPSA) is 107 Å². The zero-order chi connectivity index (χ0) is 19.2. The van der Waals surface area contributed by atoms with Crippen LogP contribution in [-0.4, -0.2) is 34.7 Å². The molecule has 1 fully saturated rings. The number of hydrogen-bond acceptors (Lipinski definition) is 7. The number of nitro benzene ring substituents is 1. The lowest BCUT2D eigenvalue weighted by atomic mass is 9.79. The summed E-state index contributed by atoms with van der Waals surface area (Å²) in [5.74, 6) is 0.602. The summed E-state index contributed by atoms with van der Waals surface area (Å²) in [6, 6.07) is 9.85. The second kappa shape index (κ2) is 8.57. The van der Waals surface area contributed by atoms with Gasteiger partial charge in [-0.05, 0) is 30.9 Å². The fraction of sp³-hybridized carbons (Fsp3) is 0.421. The van der Waals surface area contributed by atoms with Crippen LogP contribution in [0.4, 0.5) is 11.5 Å². The Hall–Kier alpha value is -3.03. The average Bonchev–Trinajstić information content (AvgIpc) is 2.72. The first-order valence-corrected chi connectivity index (χ1v) is 8.98. The van der Waals surface area contributed by atoms with Crippen molar-refractivity contribution in [2.45, 2.75) is 25.7 Å². The van der Waals surface area contributed by atoms with Crippen LogP contribution in [0.25, 0.3) is 11.3 Å². The molecule has 1 aromatic carbocycles. The number of anilines is 1. The van der Waals surface area contributed by atoms with Crippen molar-refractivity contribution in [1.82, 2.24) is 10.2 Å². The zero-order valence-corrected chi connectivity index (χ0v) is 15.1. The molecule has 2 unspecified atom stereocenters. The number of carbonyl (C=O) groups is 1. The lowest BCUT2D eigenvalue weighted by Gasteiger charge is -2.29. The molecule has 1 aromatic heterocycles. The maximum absolute atomic E-state index is 11.9. The van der Waals surface area contributed by atoms with Crippen molar-refractivity contribution >= 4 is 17.5 Å². The standard InChI is InChI=1S/C19H22N4O4/c1-27-19(24)16-8-3-2-5-14(16)12-20-18-10-9-17(21-22-18)13-6-4-7-15(11-13)23(25)26/h4,6-7,9-11,14,16H,2-3,5,8,12H2,1H3,(H,20,22). The van der Waals surface area contributed by atoms with Crippen molar-refractivity contribution in [3.63, 3.8) is 0 Å². The summed E-state index contributed by atoms with van der Waals surface area (Å²) < 4.78 is 4.92. The van der Waals surface area contributed by atoms with Crippen LogP contribution >= 0.6 is 0 Å². The van der Waals surface area contributed by atoms with E-state index in [9.17, 15) is 14.9 Å². The molecule has 142 valence electrons. The van der Waals surface area contributed by atoms with Crippen LogP contribution in [0.2, 0.25) is 0 Å². The first kappa shape index (κ1) is 18.8. The summed E-state index contributed by atoms with van der Waals surface area (Å²) in [4.78, 5) is 22.4. The number of methoxy groups -OCH3 is 1. The van der Waals surface area contributed by atoms with Gasteiger partial charge in [0.2, 0.25) is 0 Å². The monoisotopic (exact) mass is 370 g/mol. The molecule has 0 bridgehead atoms. The second-order valence-corrected chi connectivity index (χ2v) is 6.67. The lowest BCUT2D eigenvalue weighted by Crippen LogP contribution is -2.32. The van der Waals surface area contributed by atoms with Crippen molar-refractivity contribution in [2.24, 2.45) is 11.8 Å². The Balaban J connectivity index is 1.64. The first-order chi connectivity index (χ1) is 13.1. The van der Waals surface area contributed by atoms with Gasteiger partial charge in [0.05, 0.1) is 23.6 Å². The number of ether oxygens (including phenoxy) is 1. The molecule has 0 saturated heterocycles. The molecule has 0 amide bonds. The van der Waals surface area contributed by atoms with Gasteiger partial charge in [-0.15, -0.1) is 10.2 Å². The maximum Gasteiger partial charge on any atom is 0.309 e. The largest absolute Gasteiger partial charge is 0.469 e. The molecule has 8 nitrogen and oxygen atoms in total. The molecule has 0 spiro atoms. The van der Waals surface area contributed by atoms with Gasteiger partial charge in [0.15, 0.2) is 0 Å². The summed E-state index contributed by atoms with van der Waals surface area (Å²) >= 11 is 0. The van der Waals surface area contributed by atoms with E-state index in [2.05, 4.69) is 15.5 Å². The Morgan fingerprint density at radius 1 is 1.26 bits per heavy atom. The second-order valence-electron chi connectivity index (χ2n) is 6.67. The molecule has 1 aliphatic rings. The van der Waals surface area contributed by atoms with Crippen LogP contribution in [0, 0.1) is 22.0 Å². The highest BCUT2D eigenvalue weighted by molar-refractivity contribution is 5.72. The Morgan fingerprint density at radius 2 is 2.07 bits per heavy atom. The minimum absolute atomic E-state index is 0.0163. The molecule has 3 rings (SSSR count). The molecule has 1 N–H and O–H groups in total. The first-order valence-electron chi connectivity index (χ1n) is 8.98. The normalized spacial score (nSPS) is 19.3. The van der Waals surface area contributed by atoms with E-state index in [-0.39, 0.29) is 23.5 Å². The minimum atomic E-state index is -0.436. The molecular weight excluding hydrogens is 348 g/mol. The smallest absolute Gasteiger partial charge is 0.309 e. The van der Waals surface area contributed by atoms with Gasteiger partial charge in [0, 0.05) is 24.2 Å². The number of benzene rings is 1. The maximum atomic E-state index is 11.9.